The number of nitrogens with zero attached hydrogens (tertiary/aromatic N) is 2. The van der Waals surface area contributed by atoms with Gasteiger partial charge in [-0.15, -0.1) is 24.8 Å². The van der Waals surface area contributed by atoms with Gasteiger partial charge in [0.15, 0.2) is 0 Å². The molecule has 1 aliphatic rings. The van der Waals surface area contributed by atoms with E-state index in [1.54, 1.807) is 12.5 Å². The number of piperidine rings is 1. The molecule has 1 aromatic heterocycles. The smallest absolute Gasteiger partial charge is 0.115 e. The van der Waals surface area contributed by atoms with Crippen LogP contribution in [-0.2, 0) is 0 Å². The average Bonchev–Trinajstić information content (AvgIpc) is 2.21. The second-order valence-corrected chi connectivity index (χ2v) is 3.14. The van der Waals surface area contributed by atoms with Crippen molar-refractivity contribution >= 4 is 24.8 Å². The van der Waals surface area contributed by atoms with Crippen molar-refractivity contribution in [3.63, 3.8) is 0 Å². The predicted molar refractivity (Wildman–Crippen MR) is 61.1 cm³/mol. The van der Waals surface area contributed by atoms with Gasteiger partial charge in [-0.2, -0.15) is 0 Å². The molecule has 0 radical (unpaired) electrons. The molecule has 1 fully saturated rings. The SMILES string of the molecule is Cl.Cl.c1cc(C2CCCCN2)ncn1. The summed E-state index contributed by atoms with van der Waals surface area (Å²) < 4.78 is 0. The molecule has 1 saturated heterocycles. The Kier molecular flexibility index (Phi) is 6.79. The van der Waals surface area contributed by atoms with Crippen molar-refractivity contribution < 1.29 is 0 Å². The third kappa shape index (κ3) is 3.40. The van der Waals surface area contributed by atoms with Gasteiger partial charge in [-0.25, -0.2) is 9.97 Å². The van der Waals surface area contributed by atoms with Crippen molar-refractivity contribution in [2.24, 2.45) is 0 Å². The molecule has 0 amide bonds. The Labute approximate surface area is 96.5 Å². The molecule has 0 bridgehead atoms. The number of aromatic nitrogens is 2. The molecule has 0 saturated carbocycles. The van der Waals surface area contributed by atoms with Crippen LogP contribution in [0.4, 0.5) is 0 Å². The molecular formula is C9H15Cl2N3. The van der Waals surface area contributed by atoms with Gasteiger partial charge in [-0.3, -0.25) is 0 Å². The first kappa shape index (κ1) is 13.6. The number of nitrogens with one attached hydrogen (secondary N) is 1. The summed E-state index contributed by atoms with van der Waals surface area (Å²) in [6.45, 7) is 1.12. The summed E-state index contributed by atoms with van der Waals surface area (Å²) in [4.78, 5) is 8.13. The van der Waals surface area contributed by atoms with Crippen molar-refractivity contribution in [2.45, 2.75) is 25.3 Å². The van der Waals surface area contributed by atoms with E-state index in [0.29, 0.717) is 6.04 Å². The van der Waals surface area contributed by atoms with Crippen molar-refractivity contribution in [2.75, 3.05) is 6.54 Å². The van der Waals surface area contributed by atoms with E-state index in [-0.39, 0.29) is 24.8 Å². The van der Waals surface area contributed by atoms with Gasteiger partial charge in [0.2, 0.25) is 0 Å². The van der Waals surface area contributed by atoms with Crippen LogP contribution in [0.15, 0.2) is 18.6 Å². The van der Waals surface area contributed by atoms with Crippen LogP contribution < -0.4 is 5.32 Å². The zero-order chi connectivity index (χ0) is 8.23. The zero-order valence-electron chi connectivity index (χ0n) is 7.85. The second-order valence-electron chi connectivity index (χ2n) is 3.14. The lowest BCUT2D eigenvalue weighted by atomic mass is 10.0. The molecule has 3 nitrogen and oxygen atoms in total. The quantitative estimate of drug-likeness (QED) is 0.811. The predicted octanol–water partition coefficient (Wildman–Crippen LogP) is 2.13. The van der Waals surface area contributed by atoms with Crippen molar-refractivity contribution in [1.82, 2.24) is 15.3 Å². The molecule has 14 heavy (non-hydrogen) atoms. The van der Waals surface area contributed by atoms with Gasteiger partial charge in [0.05, 0.1) is 5.69 Å². The van der Waals surface area contributed by atoms with E-state index in [4.69, 9.17) is 0 Å². The average molecular weight is 236 g/mol. The van der Waals surface area contributed by atoms with Crippen LogP contribution >= 0.6 is 24.8 Å². The summed E-state index contributed by atoms with van der Waals surface area (Å²) in [5.74, 6) is 0. The van der Waals surface area contributed by atoms with Gasteiger partial charge < -0.3 is 5.32 Å². The molecule has 1 aromatic rings. The Bertz CT molecular complexity index is 237. The monoisotopic (exact) mass is 235 g/mol. The largest absolute Gasteiger partial charge is 0.309 e. The van der Waals surface area contributed by atoms with Gasteiger partial charge in [0.1, 0.15) is 6.33 Å². The standard InChI is InChI=1S/C9H13N3.2ClH/c1-2-5-11-8(3-1)9-4-6-10-7-12-9;;/h4,6-8,11H,1-3,5H2;2*1H. The van der Waals surface area contributed by atoms with E-state index in [2.05, 4.69) is 15.3 Å². The normalized spacial score (nSPS) is 20.4. The Morgan fingerprint density at radius 2 is 2.14 bits per heavy atom. The zero-order valence-corrected chi connectivity index (χ0v) is 9.48. The second kappa shape index (κ2) is 6.98. The van der Waals surface area contributed by atoms with Gasteiger partial charge in [-0.05, 0) is 25.5 Å². The summed E-state index contributed by atoms with van der Waals surface area (Å²) in [5, 5.41) is 3.45. The van der Waals surface area contributed by atoms with Crippen molar-refractivity contribution in [3.8, 4) is 0 Å². The van der Waals surface area contributed by atoms with Crippen LogP contribution in [0.5, 0.6) is 0 Å². The summed E-state index contributed by atoms with van der Waals surface area (Å²) in [6, 6.07) is 2.45. The first-order valence-electron chi connectivity index (χ1n) is 4.46. The fraction of sp³-hybridized carbons (Fsp3) is 0.556. The first-order valence-corrected chi connectivity index (χ1v) is 4.46. The van der Waals surface area contributed by atoms with Crippen LogP contribution in [-0.4, -0.2) is 16.5 Å². The minimum absolute atomic E-state index is 0. The Morgan fingerprint density at radius 1 is 1.29 bits per heavy atom. The lowest BCUT2D eigenvalue weighted by Crippen LogP contribution is -2.27. The number of halogens is 2. The Morgan fingerprint density at radius 3 is 2.71 bits per heavy atom. The highest BCUT2D eigenvalue weighted by Crippen LogP contribution is 2.19. The summed E-state index contributed by atoms with van der Waals surface area (Å²) >= 11 is 0. The lowest BCUT2D eigenvalue weighted by molar-refractivity contribution is 0.405. The molecule has 5 heteroatoms. The maximum Gasteiger partial charge on any atom is 0.115 e. The molecule has 0 aliphatic carbocycles. The number of rotatable bonds is 1. The minimum Gasteiger partial charge on any atom is -0.309 e. The molecule has 80 valence electrons. The van der Waals surface area contributed by atoms with Crippen LogP contribution in [0, 0.1) is 0 Å². The third-order valence-corrected chi connectivity index (χ3v) is 2.27. The highest BCUT2D eigenvalue weighted by atomic mass is 35.5. The molecule has 2 rings (SSSR count). The highest BCUT2D eigenvalue weighted by Gasteiger charge is 2.14. The van der Waals surface area contributed by atoms with E-state index in [0.717, 1.165) is 12.2 Å². The first-order chi connectivity index (χ1) is 5.97. The number of hydrogen-bond donors (Lipinski definition) is 1. The Balaban J connectivity index is 0.000000845. The Hall–Kier alpha value is -0.380. The maximum absolute atomic E-state index is 4.23. The van der Waals surface area contributed by atoms with Crippen LogP contribution in [0.1, 0.15) is 31.0 Å². The number of hydrogen-bond acceptors (Lipinski definition) is 3. The molecule has 0 aromatic carbocycles. The van der Waals surface area contributed by atoms with E-state index in [1.807, 2.05) is 6.07 Å². The summed E-state index contributed by atoms with van der Waals surface area (Å²) in [6.07, 6.45) is 7.23. The van der Waals surface area contributed by atoms with Gasteiger partial charge in [0, 0.05) is 12.2 Å². The summed E-state index contributed by atoms with van der Waals surface area (Å²) in [7, 11) is 0. The minimum atomic E-state index is 0. The maximum atomic E-state index is 4.23. The molecule has 1 aliphatic heterocycles. The van der Waals surface area contributed by atoms with E-state index in [1.165, 1.54) is 19.3 Å². The topological polar surface area (TPSA) is 37.8 Å². The van der Waals surface area contributed by atoms with Crippen LogP contribution in [0.25, 0.3) is 0 Å². The lowest BCUT2D eigenvalue weighted by Gasteiger charge is -2.22. The molecule has 2 heterocycles. The van der Waals surface area contributed by atoms with E-state index < -0.39 is 0 Å². The summed E-state index contributed by atoms with van der Waals surface area (Å²) in [5.41, 5.74) is 1.13. The molecular weight excluding hydrogens is 221 g/mol. The molecule has 1 atom stereocenters. The molecule has 0 spiro atoms. The van der Waals surface area contributed by atoms with Gasteiger partial charge >= 0.3 is 0 Å². The van der Waals surface area contributed by atoms with Crippen LogP contribution in [0.3, 0.4) is 0 Å². The van der Waals surface area contributed by atoms with Gasteiger partial charge in [0.25, 0.3) is 0 Å². The third-order valence-electron chi connectivity index (χ3n) is 2.27. The van der Waals surface area contributed by atoms with Crippen molar-refractivity contribution in [3.05, 3.63) is 24.3 Å². The van der Waals surface area contributed by atoms with E-state index >= 15 is 0 Å². The van der Waals surface area contributed by atoms with Gasteiger partial charge in [-0.1, -0.05) is 6.42 Å². The molecule has 1 N–H and O–H groups in total. The highest BCUT2D eigenvalue weighted by molar-refractivity contribution is 5.85. The van der Waals surface area contributed by atoms with E-state index in [9.17, 15) is 0 Å². The van der Waals surface area contributed by atoms with Crippen LogP contribution in [0.2, 0.25) is 0 Å². The fourth-order valence-corrected chi connectivity index (χ4v) is 1.61. The molecule has 1 unspecified atom stereocenters. The fourth-order valence-electron chi connectivity index (χ4n) is 1.61. The van der Waals surface area contributed by atoms with Crippen molar-refractivity contribution in [1.29, 1.82) is 0 Å².